The maximum absolute atomic E-state index is 5.75. The maximum Gasteiger partial charge on any atom is 0.176 e. The van der Waals surface area contributed by atoms with Crippen molar-refractivity contribution in [3.8, 4) is 0 Å². The van der Waals surface area contributed by atoms with Gasteiger partial charge in [-0.1, -0.05) is 0 Å². The third-order valence-electron chi connectivity index (χ3n) is 3.34. The molecule has 1 aromatic rings. The molecule has 1 aliphatic heterocycles. The van der Waals surface area contributed by atoms with Crippen molar-refractivity contribution < 1.29 is 9.47 Å². The summed E-state index contributed by atoms with van der Waals surface area (Å²) in [6.07, 6.45) is 2.01. The number of hydrogen-bond acceptors (Lipinski definition) is 4. The minimum Gasteiger partial charge on any atom is -0.376 e. The molecule has 1 aromatic heterocycles. The van der Waals surface area contributed by atoms with Gasteiger partial charge in [0.25, 0.3) is 0 Å². The van der Waals surface area contributed by atoms with Crippen molar-refractivity contribution in [3.05, 3.63) is 11.6 Å². The highest BCUT2D eigenvalue weighted by Gasteiger charge is 2.32. The molecular weight excluding hydrogens is 230 g/mol. The van der Waals surface area contributed by atoms with Gasteiger partial charge in [-0.05, 0) is 33.6 Å². The summed E-state index contributed by atoms with van der Waals surface area (Å²) in [5, 5.41) is 4.41. The molecule has 5 nitrogen and oxygen atoms in total. The zero-order valence-electron chi connectivity index (χ0n) is 11.8. The summed E-state index contributed by atoms with van der Waals surface area (Å²) in [4.78, 5) is 4.61. The number of ether oxygens (including phenoxy) is 2. The van der Waals surface area contributed by atoms with Gasteiger partial charge >= 0.3 is 0 Å². The summed E-state index contributed by atoms with van der Waals surface area (Å²) in [7, 11) is 1.96. The Hall–Kier alpha value is -0.940. The minimum absolute atomic E-state index is 0.0606. The Bertz CT molecular complexity index is 401. The lowest BCUT2D eigenvalue weighted by molar-refractivity contribution is -0.0606. The van der Waals surface area contributed by atoms with Crippen LogP contribution >= 0.6 is 0 Å². The quantitative estimate of drug-likeness (QED) is 0.823. The first-order chi connectivity index (χ1) is 8.52. The van der Waals surface area contributed by atoms with Crippen LogP contribution in [-0.2, 0) is 23.1 Å². The molecule has 2 heterocycles. The molecule has 1 fully saturated rings. The van der Waals surface area contributed by atoms with Crippen molar-refractivity contribution in [3.63, 3.8) is 0 Å². The van der Waals surface area contributed by atoms with Gasteiger partial charge in [0.15, 0.2) is 5.82 Å². The summed E-state index contributed by atoms with van der Waals surface area (Å²) in [5.41, 5.74) is -0.0606. The van der Waals surface area contributed by atoms with Crippen LogP contribution in [0.5, 0.6) is 0 Å². The molecule has 0 unspecified atom stereocenters. The van der Waals surface area contributed by atoms with Crippen molar-refractivity contribution in [1.29, 1.82) is 0 Å². The highest BCUT2D eigenvalue weighted by molar-refractivity contribution is 5.03. The SMILES string of the molecule is CCOCc1nc([C@H]2CCOC(C)(C)C2)n(C)n1. The zero-order chi connectivity index (χ0) is 13.2. The molecule has 2 rings (SSSR count). The topological polar surface area (TPSA) is 49.2 Å². The molecule has 0 bridgehead atoms. The average molecular weight is 253 g/mol. The normalized spacial score (nSPS) is 23.2. The lowest BCUT2D eigenvalue weighted by Crippen LogP contribution is -2.33. The molecule has 0 radical (unpaired) electrons. The lowest BCUT2D eigenvalue weighted by Gasteiger charge is -2.34. The Kier molecular flexibility index (Phi) is 4.02. The van der Waals surface area contributed by atoms with Crippen LogP contribution in [0.1, 0.15) is 51.2 Å². The summed E-state index contributed by atoms with van der Waals surface area (Å²) in [5.74, 6) is 2.27. The van der Waals surface area contributed by atoms with Gasteiger partial charge in [0.1, 0.15) is 12.4 Å². The third-order valence-corrected chi connectivity index (χ3v) is 3.34. The lowest BCUT2D eigenvalue weighted by atomic mass is 9.88. The van der Waals surface area contributed by atoms with E-state index >= 15 is 0 Å². The van der Waals surface area contributed by atoms with E-state index in [0.717, 1.165) is 31.1 Å². The number of hydrogen-bond donors (Lipinski definition) is 0. The monoisotopic (exact) mass is 253 g/mol. The van der Waals surface area contributed by atoms with E-state index in [1.165, 1.54) is 0 Å². The first-order valence-electron chi connectivity index (χ1n) is 6.63. The Morgan fingerprint density at radius 3 is 2.94 bits per heavy atom. The molecule has 0 aliphatic carbocycles. The highest BCUT2D eigenvalue weighted by atomic mass is 16.5. The van der Waals surface area contributed by atoms with Crippen LogP contribution in [0.25, 0.3) is 0 Å². The second-order valence-corrected chi connectivity index (χ2v) is 5.44. The van der Waals surface area contributed by atoms with E-state index in [2.05, 4.69) is 23.9 Å². The number of nitrogens with zero attached hydrogens (tertiary/aromatic N) is 3. The number of aromatic nitrogens is 3. The van der Waals surface area contributed by atoms with Gasteiger partial charge in [-0.2, -0.15) is 5.10 Å². The fraction of sp³-hybridized carbons (Fsp3) is 0.846. The van der Waals surface area contributed by atoms with E-state index in [4.69, 9.17) is 9.47 Å². The zero-order valence-corrected chi connectivity index (χ0v) is 11.8. The molecule has 18 heavy (non-hydrogen) atoms. The fourth-order valence-electron chi connectivity index (χ4n) is 2.51. The van der Waals surface area contributed by atoms with Crippen LogP contribution in [0.3, 0.4) is 0 Å². The Labute approximate surface area is 108 Å². The Morgan fingerprint density at radius 1 is 1.50 bits per heavy atom. The van der Waals surface area contributed by atoms with Crippen molar-refractivity contribution in [2.75, 3.05) is 13.2 Å². The van der Waals surface area contributed by atoms with Gasteiger partial charge in [-0.15, -0.1) is 0 Å². The number of aryl methyl sites for hydroxylation is 1. The fourth-order valence-corrected chi connectivity index (χ4v) is 2.51. The minimum atomic E-state index is -0.0606. The summed E-state index contributed by atoms with van der Waals surface area (Å²) >= 11 is 0. The second-order valence-electron chi connectivity index (χ2n) is 5.44. The Balaban J connectivity index is 2.10. The van der Waals surface area contributed by atoms with Gasteiger partial charge in [0.05, 0.1) is 5.60 Å². The van der Waals surface area contributed by atoms with E-state index in [1.54, 1.807) is 0 Å². The van der Waals surface area contributed by atoms with Gasteiger partial charge in [-0.3, -0.25) is 4.68 Å². The first-order valence-corrected chi connectivity index (χ1v) is 6.63. The standard InChI is InChI=1S/C13H23N3O2/c1-5-17-9-11-14-12(16(4)15-11)10-6-7-18-13(2,3)8-10/h10H,5-9H2,1-4H3/t10-/m0/s1. The second kappa shape index (κ2) is 5.36. The molecule has 0 amide bonds. The van der Waals surface area contributed by atoms with Crippen LogP contribution in [0.4, 0.5) is 0 Å². The molecule has 0 spiro atoms. The van der Waals surface area contributed by atoms with Crippen molar-refractivity contribution in [2.45, 2.75) is 51.7 Å². The van der Waals surface area contributed by atoms with E-state index < -0.39 is 0 Å². The molecule has 1 atom stereocenters. The predicted molar refractivity (Wildman–Crippen MR) is 68.3 cm³/mol. The molecule has 5 heteroatoms. The van der Waals surface area contributed by atoms with Crippen LogP contribution in [-0.4, -0.2) is 33.6 Å². The smallest absolute Gasteiger partial charge is 0.176 e. The summed E-state index contributed by atoms with van der Waals surface area (Å²) in [6.45, 7) is 8.23. The van der Waals surface area contributed by atoms with Crippen LogP contribution < -0.4 is 0 Å². The molecule has 0 N–H and O–H groups in total. The molecule has 0 saturated carbocycles. The number of rotatable bonds is 4. The molecule has 0 aromatic carbocycles. The molecule has 102 valence electrons. The third kappa shape index (κ3) is 3.09. The van der Waals surface area contributed by atoms with E-state index in [0.29, 0.717) is 19.1 Å². The molecule has 1 saturated heterocycles. The van der Waals surface area contributed by atoms with Gasteiger partial charge in [0.2, 0.25) is 0 Å². The van der Waals surface area contributed by atoms with Gasteiger partial charge < -0.3 is 9.47 Å². The molecular formula is C13H23N3O2. The first kappa shape index (κ1) is 13.5. The van der Waals surface area contributed by atoms with Gasteiger partial charge in [-0.25, -0.2) is 4.98 Å². The highest BCUT2D eigenvalue weighted by Crippen LogP contribution is 2.34. The van der Waals surface area contributed by atoms with Crippen molar-refractivity contribution in [2.24, 2.45) is 7.05 Å². The maximum atomic E-state index is 5.75. The molecule has 1 aliphatic rings. The van der Waals surface area contributed by atoms with E-state index in [9.17, 15) is 0 Å². The average Bonchev–Trinajstić information content (AvgIpc) is 2.66. The summed E-state index contributed by atoms with van der Waals surface area (Å²) < 4.78 is 13.0. The van der Waals surface area contributed by atoms with E-state index in [1.807, 2.05) is 18.7 Å². The Morgan fingerprint density at radius 2 is 2.28 bits per heavy atom. The van der Waals surface area contributed by atoms with E-state index in [-0.39, 0.29) is 5.60 Å². The van der Waals surface area contributed by atoms with Crippen molar-refractivity contribution >= 4 is 0 Å². The largest absolute Gasteiger partial charge is 0.376 e. The summed E-state index contributed by atoms with van der Waals surface area (Å²) in [6, 6.07) is 0. The van der Waals surface area contributed by atoms with Crippen LogP contribution in [0.15, 0.2) is 0 Å². The predicted octanol–water partition coefficient (Wildman–Crippen LogP) is 2.02. The van der Waals surface area contributed by atoms with Gasteiger partial charge in [0, 0.05) is 26.2 Å². The van der Waals surface area contributed by atoms with Crippen LogP contribution in [0.2, 0.25) is 0 Å². The van der Waals surface area contributed by atoms with Crippen LogP contribution in [0, 0.1) is 0 Å². The van der Waals surface area contributed by atoms with Crippen molar-refractivity contribution in [1.82, 2.24) is 14.8 Å².